The fourth-order valence-corrected chi connectivity index (χ4v) is 4.41. The van der Waals surface area contributed by atoms with Crippen molar-refractivity contribution in [3.63, 3.8) is 0 Å². The van der Waals surface area contributed by atoms with Gasteiger partial charge in [-0.05, 0) is 32.4 Å². The summed E-state index contributed by atoms with van der Waals surface area (Å²) in [6, 6.07) is 5.56. The lowest BCUT2D eigenvalue weighted by atomic mass is 10.1. The minimum Gasteiger partial charge on any atom is -0.340 e. The number of hydrogen-bond acceptors (Lipinski definition) is 5. The molecule has 4 aromatic rings. The quantitative estimate of drug-likeness (QED) is 0.508. The van der Waals surface area contributed by atoms with E-state index in [0.717, 1.165) is 21.9 Å². The fourth-order valence-electron chi connectivity index (χ4n) is 3.52. The molecule has 8 heteroatoms. The van der Waals surface area contributed by atoms with Gasteiger partial charge in [0.15, 0.2) is 4.96 Å². The Bertz CT molecular complexity index is 1280. The standard InChI is InChI=1S/C21H23N5O2S/c1-13-6-5-7-16-19(13)22-12-25(20(16)28)9-8-18(27)24(4)11-17-15(3)23-21-26(17)10-14(2)29-21/h5-7,10,12H,8-9,11H2,1-4H3. The fraction of sp³-hybridized carbons (Fsp3) is 0.333. The van der Waals surface area contributed by atoms with E-state index in [4.69, 9.17) is 0 Å². The van der Waals surface area contributed by atoms with Gasteiger partial charge in [-0.1, -0.05) is 12.1 Å². The molecule has 0 bridgehead atoms. The summed E-state index contributed by atoms with van der Waals surface area (Å²) in [6.07, 6.45) is 3.82. The number of aromatic nitrogens is 4. The Kier molecular flexibility index (Phi) is 4.96. The molecule has 0 radical (unpaired) electrons. The van der Waals surface area contributed by atoms with E-state index in [1.807, 2.05) is 32.9 Å². The van der Waals surface area contributed by atoms with E-state index >= 15 is 0 Å². The Balaban J connectivity index is 1.48. The minimum absolute atomic E-state index is 0.0254. The molecule has 0 aliphatic rings. The number of rotatable bonds is 5. The van der Waals surface area contributed by atoms with Crippen LogP contribution in [0, 0.1) is 20.8 Å². The number of aryl methyl sites for hydroxylation is 4. The molecular weight excluding hydrogens is 386 g/mol. The summed E-state index contributed by atoms with van der Waals surface area (Å²) >= 11 is 1.64. The molecule has 1 aromatic carbocycles. The summed E-state index contributed by atoms with van der Waals surface area (Å²) in [5, 5.41) is 0.582. The van der Waals surface area contributed by atoms with Gasteiger partial charge in [0.2, 0.25) is 5.91 Å². The molecule has 0 unspecified atom stereocenters. The number of imidazole rings is 1. The van der Waals surface area contributed by atoms with Gasteiger partial charge < -0.3 is 4.90 Å². The molecule has 0 aliphatic carbocycles. The summed E-state index contributed by atoms with van der Waals surface area (Å²) < 4.78 is 3.57. The van der Waals surface area contributed by atoms with Crippen molar-refractivity contribution in [3.8, 4) is 0 Å². The number of amides is 1. The Morgan fingerprint density at radius 1 is 1.24 bits per heavy atom. The Labute approximate surface area is 172 Å². The van der Waals surface area contributed by atoms with E-state index in [1.165, 1.54) is 15.8 Å². The lowest BCUT2D eigenvalue weighted by Gasteiger charge is -2.17. The number of fused-ring (bicyclic) bond motifs is 2. The number of thiazole rings is 1. The van der Waals surface area contributed by atoms with Crippen molar-refractivity contribution in [2.75, 3.05) is 7.05 Å². The molecule has 0 N–H and O–H groups in total. The number of para-hydroxylation sites is 1. The third-order valence-electron chi connectivity index (χ3n) is 5.18. The zero-order chi connectivity index (χ0) is 20.7. The lowest BCUT2D eigenvalue weighted by Crippen LogP contribution is -2.30. The summed E-state index contributed by atoms with van der Waals surface area (Å²) in [4.78, 5) is 38.2. The molecule has 7 nitrogen and oxygen atoms in total. The number of benzene rings is 1. The third kappa shape index (κ3) is 3.55. The topological polar surface area (TPSA) is 72.5 Å². The van der Waals surface area contributed by atoms with Crippen LogP contribution in [0.5, 0.6) is 0 Å². The smallest absolute Gasteiger partial charge is 0.261 e. The highest BCUT2D eigenvalue weighted by Gasteiger charge is 2.16. The molecule has 3 heterocycles. The number of nitrogens with zero attached hydrogens (tertiary/aromatic N) is 5. The van der Waals surface area contributed by atoms with Gasteiger partial charge in [0.05, 0.1) is 35.2 Å². The van der Waals surface area contributed by atoms with Crippen LogP contribution in [-0.2, 0) is 17.9 Å². The predicted molar refractivity (Wildman–Crippen MR) is 114 cm³/mol. The third-order valence-corrected chi connectivity index (χ3v) is 6.07. The van der Waals surface area contributed by atoms with Crippen molar-refractivity contribution in [2.24, 2.45) is 0 Å². The first-order valence-electron chi connectivity index (χ1n) is 9.48. The lowest BCUT2D eigenvalue weighted by molar-refractivity contribution is -0.130. The second kappa shape index (κ2) is 7.44. The van der Waals surface area contributed by atoms with E-state index in [2.05, 4.69) is 20.6 Å². The molecule has 1 amide bonds. The van der Waals surface area contributed by atoms with Crippen molar-refractivity contribution < 1.29 is 4.79 Å². The molecule has 0 fully saturated rings. The Morgan fingerprint density at radius 3 is 2.83 bits per heavy atom. The number of carbonyl (C=O) groups excluding carboxylic acids is 1. The molecule has 0 saturated carbocycles. The highest BCUT2D eigenvalue weighted by molar-refractivity contribution is 7.17. The highest BCUT2D eigenvalue weighted by Crippen LogP contribution is 2.21. The van der Waals surface area contributed by atoms with Gasteiger partial charge in [-0.3, -0.25) is 18.6 Å². The molecule has 4 rings (SSSR count). The largest absolute Gasteiger partial charge is 0.340 e. The van der Waals surface area contributed by atoms with E-state index in [9.17, 15) is 9.59 Å². The maximum Gasteiger partial charge on any atom is 0.261 e. The second-order valence-electron chi connectivity index (χ2n) is 7.35. The van der Waals surface area contributed by atoms with Gasteiger partial charge in [0.25, 0.3) is 5.56 Å². The average Bonchev–Trinajstić information content (AvgIpc) is 3.17. The molecule has 3 aromatic heterocycles. The SMILES string of the molecule is Cc1cn2c(CN(C)C(=O)CCn3cnc4c(C)cccc4c3=O)c(C)nc2s1. The summed E-state index contributed by atoms with van der Waals surface area (Å²) in [5.74, 6) is -0.0254. The first kappa shape index (κ1) is 19.3. The van der Waals surface area contributed by atoms with E-state index in [0.29, 0.717) is 24.0 Å². The van der Waals surface area contributed by atoms with Gasteiger partial charge in [-0.25, -0.2) is 9.97 Å². The maximum atomic E-state index is 12.7. The van der Waals surface area contributed by atoms with Crippen molar-refractivity contribution in [3.05, 3.63) is 62.9 Å². The molecule has 0 saturated heterocycles. The van der Waals surface area contributed by atoms with Gasteiger partial charge >= 0.3 is 0 Å². The second-order valence-corrected chi connectivity index (χ2v) is 8.57. The van der Waals surface area contributed by atoms with E-state index in [1.54, 1.807) is 29.4 Å². The Hall–Kier alpha value is -3.00. The first-order valence-corrected chi connectivity index (χ1v) is 10.3. The van der Waals surface area contributed by atoms with Crippen LogP contribution in [0.3, 0.4) is 0 Å². The zero-order valence-corrected chi connectivity index (χ0v) is 17.8. The molecular formula is C21H23N5O2S. The minimum atomic E-state index is -0.115. The van der Waals surface area contributed by atoms with Crippen LogP contribution in [0.25, 0.3) is 15.9 Å². The molecule has 0 aliphatic heterocycles. The van der Waals surface area contributed by atoms with Crippen molar-refractivity contribution >= 4 is 33.1 Å². The normalized spacial score (nSPS) is 11.4. The van der Waals surface area contributed by atoms with Crippen LogP contribution < -0.4 is 5.56 Å². The summed E-state index contributed by atoms with van der Waals surface area (Å²) in [5.41, 5.74) is 3.51. The maximum absolute atomic E-state index is 12.7. The predicted octanol–water partition coefficient (Wildman–Crippen LogP) is 3.08. The van der Waals surface area contributed by atoms with Crippen LogP contribution >= 0.6 is 11.3 Å². The molecule has 0 atom stereocenters. The van der Waals surface area contributed by atoms with Crippen LogP contribution in [0.2, 0.25) is 0 Å². The van der Waals surface area contributed by atoms with Gasteiger partial charge in [-0.2, -0.15) is 0 Å². The van der Waals surface area contributed by atoms with Crippen molar-refractivity contribution in [1.82, 2.24) is 23.8 Å². The van der Waals surface area contributed by atoms with Crippen molar-refractivity contribution in [2.45, 2.75) is 40.3 Å². The highest BCUT2D eigenvalue weighted by atomic mass is 32.1. The molecule has 150 valence electrons. The summed E-state index contributed by atoms with van der Waals surface area (Å²) in [6.45, 7) is 6.72. The van der Waals surface area contributed by atoms with E-state index in [-0.39, 0.29) is 17.9 Å². The monoisotopic (exact) mass is 409 g/mol. The molecule has 0 spiro atoms. The zero-order valence-electron chi connectivity index (χ0n) is 17.0. The van der Waals surface area contributed by atoms with Gasteiger partial charge in [0.1, 0.15) is 0 Å². The summed E-state index contributed by atoms with van der Waals surface area (Å²) in [7, 11) is 1.78. The first-order chi connectivity index (χ1) is 13.8. The van der Waals surface area contributed by atoms with Crippen LogP contribution in [0.4, 0.5) is 0 Å². The van der Waals surface area contributed by atoms with Gasteiger partial charge in [-0.15, -0.1) is 11.3 Å². The Morgan fingerprint density at radius 2 is 2.03 bits per heavy atom. The van der Waals surface area contributed by atoms with E-state index < -0.39 is 0 Å². The molecule has 29 heavy (non-hydrogen) atoms. The number of carbonyl (C=O) groups is 1. The van der Waals surface area contributed by atoms with Crippen LogP contribution in [-0.4, -0.2) is 36.8 Å². The van der Waals surface area contributed by atoms with Crippen molar-refractivity contribution in [1.29, 1.82) is 0 Å². The van der Waals surface area contributed by atoms with Gasteiger partial charge in [0, 0.05) is 31.1 Å². The average molecular weight is 410 g/mol. The number of hydrogen-bond donors (Lipinski definition) is 0. The van der Waals surface area contributed by atoms with Crippen LogP contribution in [0.1, 0.15) is 28.2 Å². The van der Waals surface area contributed by atoms with Crippen LogP contribution in [0.15, 0.2) is 35.5 Å².